The Morgan fingerprint density at radius 2 is 1.89 bits per heavy atom. The van der Waals surface area contributed by atoms with Gasteiger partial charge in [0.05, 0.1) is 12.7 Å². The number of anilines is 2. The van der Waals surface area contributed by atoms with E-state index >= 15 is 0 Å². The van der Waals surface area contributed by atoms with Crippen LogP contribution in [0, 0.1) is 0 Å². The number of carboxylic acids is 1. The lowest BCUT2D eigenvalue weighted by Gasteiger charge is -2.27. The Morgan fingerprint density at radius 3 is 2.69 bits per heavy atom. The first-order valence-electron chi connectivity index (χ1n) is 12.1. The van der Waals surface area contributed by atoms with Crippen LogP contribution in [-0.4, -0.2) is 22.2 Å². The Bertz CT molecular complexity index is 1440. The first-order chi connectivity index (χ1) is 17.1. The number of fused-ring (bicyclic) bond motifs is 4. The predicted molar refractivity (Wildman–Crippen MR) is 134 cm³/mol. The highest BCUT2D eigenvalue weighted by atomic mass is 16.4. The Hall–Kier alpha value is -3.90. The highest BCUT2D eigenvalue weighted by Gasteiger charge is 2.42. The van der Waals surface area contributed by atoms with E-state index in [0.717, 1.165) is 22.3 Å². The summed E-state index contributed by atoms with van der Waals surface area (Å²) in [5, 5.41) is 18.8. The van der Waals surface area contributed by atoms with Crippen molar-refractivity contribution in [3.05, 3.63) is 89.3 Å². The van der Waals surface area contributed by atoms with Crippen molar-refractivity contribution >= 4 is 40.6 Å². The largest absolute Gasteiger partial charge is 0.477 e. The van der Waals surface area contributed by atoms with Crippen LogP contribution in [0.25, 0.3) is 23.3 Å². The van der Waals surface area contributed by atoms with Crippen LogP contribution in [0.2, 0.25) is 0 Å². The number of aliphatic hydroxyl groups excluding tert-OH is 1. The minimum atomic E-state index is -0.909. The van der Waals surface area contributed by atoms with Crippen LogP contribution in [0.1, 0.15) is 47.8 Å². The SMILES string of the molecule is O=C(O)C[n+]1c(/C=C/c2ccc3c(c2)C2CCCC2N3c2ccc(CO)cc2)oc2ccccc21. The first-order valence-corrected chi connectivity index (χ1v) is 12.1. The molecular formula is C29H27N2O4+. The minimum Gasteiger partial charge on any atom is -0.477 e. The van der Waals surface area contributed by atoms with E-state index in [-0.39, 0.29) is 13.2 Å². The molecule has 1 fully saturated rings. The molecule has 35 heavy (non-hydrogen) atoms. The second-order valence-corrected chi connectivity index (χ2v) is 9.34. The molecular weight excluding hydrogens is 440 g/mol. The van der Waals surface area contributed by atoms with Gasteiger partial charge in [-0.15, -0.1) is 4.57 Å². The fourth-order valence-electron chi connectivity index (χ4n) is 5.72. The molecule has 176 valence electrons. The van der Waals surface area contributed by atoms with Crippen molar-refractivity contribution in [2.45, 2.75) is 44.4 Å². The number of nitrogens with zero attached hydrogens (tertiary/aromatic N) is 2. The van der Waals surface area contributed by atoms with Crippen molar-refractivity contribution in [1.82, 2.24) is 0 Å². The van der Waals surface area contributed by atoms with E-state index in [2.05, 4.69) is 35.2 Å². The molecule has 3 aromatic carbocycles. The predicted octanol–water partition coefficient (Wildman–Crippen LogP) is 5.26. The number of carbonyl (C=O) groups is 1. The molecule has 2 N–H and O–H groups in total. The lowest BCUT2D eigenvalue weighted by molar-refractivity contribution is -0.666. The summed E-state index contributed by atoms with van der Waals surface area (Å²) >= 11 is 0. The van der Waals surface area contributed by atoms with Gasteiger partial charge in [-0.25, -0.2) is 4.79 Å². The molecule has 6 nitrogen and oxygen atoms in total. The quantitative estimate of drug-likeness (QED) is 0.379. The average molecular weight is 468 g/mol. The summed E-state index contributed by atoms with van der Waals surface area (Å²) in [4.78, 5) is 13.9. The van der Waals surface area contributed by atoms with Crippen molar-refractivity contribution in [2.24, 2.45) is 0 Å². The molecule has 0 saturated heterocycles. The molecule has 0 spiro atoms. The Balaban J connectivity index is 1.35. The summed E-state index contributed by atoms with van der Waals surface area (Å²) in [6.45, 7) is -0.106. The Kier molecular flexibility index (Phi) is 5.38. The van der Waals surface area contributed by atoms with E-state index in [9.17, 15) is 15.0 Å². The molecule has 2 heterocycles. The van der Waals surface area contributed by atoms with Crippen LogP contribution in [0.5, 0.6) is 0 Å². The van der Waals surface area contributed by atoms with Crippen molar-refractivity contribution < 1.29 is 24.0 Å². The van der Waals surface area contributed by atoms with E-state index < -0.39 is 5.97 Å². The summed E-state index contributed by atoms with van der Waals surface area (Å²) in [5.41, 5.74) is 7.19. The Labute approximate surface area is 203 Å². The fraction of sp³-hybridized carbons (Fsp3) is 0.241. The van der Waals surface area contributed by atoms with Crippen LogP contribution < -0.4 is 9.47 Å². The molecule has 1 saturated carbocycles. The summed E-state index contributed by atoms with van der Waals surface area (Å²) in [6.07, 6.45) is 7.42. The monoisotopic (exact) mass is 467 g/mol. The molecule has 1 aliphatic heterocycles. The maximum atomic E-state index is 11.5. The number of carboxylic acid groups (broad SMARTS) is 1. The number of rotatable bonds is 6. The third kappa shape index (κ3) is 3.80. The zero-order valence-corrected chi connectivity index (χ0v) is 19.3. The van der Waals surface area contributed by atoms with Gasteiger partial charge in [0.25, 0.3) is 5.52 Å². The number of aromatic nitrogens is 1. The van der Waals surface area contributed by atoms with Gasteiger partial charge in [-0.3, -0.25) is 0 Å². The molecule has 1 aromatic heterocycles. The van der Waals surface area contributed by atoms with Crippen LogP contribution in [0.15, 0.2) is 71.1 Å². The van der Waals surface area contributed by atoms with E-state index in [0.29, 0.717) is 23.4 Å². The molecule has 6 heteroatoms. The van der Waals surface area contributed by atoms with Crippen molar-refractivity contribution in [3.8, 4) is 0 Å². The zero-order valence-electron chi connectivity index (χ0n) is 19.3. The third-order valence-electron chi connectivity index (χ3n) is 7.27. The zero-order chi connectivity index (χ0) is 23.9. The standard InChI is InChI=1S/C29H26N2O4/c32-18-20-8-12-21(13-9-20)31-24-6-3-4-22(24)23-16-19(10-14-25(23)31)11-15-28-30(17-29(33)34)26-5-1-2-7-27(26)35-28/h1-2,5,7-16,22,24,32H,3-4,6,17-18H2/p+1. The van der Waals surface area contributed by atoms with Gasteiger partial charge in [-0.1, -0.05) is 36.8 Å². The molecule has 6 rings (SSSR count). The Morgan fingerprint density at radius 1 is 1.06 bits per heavy atom. The minimum absolute atomic E-state index is 0.0519. The number of benzene rings is 3. The number of para-hydroxylation sites is 2. The maximum absolute atomic E-state index is 11.5. The number of aliphatic carboxylic acids is 1. The van der Waals surface area contributed by atoms with Crippen LogP contribution in [0.3, 0.4) is 0 Å². The lowest BCUT2D eigenvalue weighted by atomic mass is 9.96. The number of hydrogen-bond donors (Lipinski definition) is 2. The molecule has 0 amide bonds. The molecule has 2 atom stereocenters. The number of oxazole rings is 1. The molecule has 1 aliphatic carbocycles. The van der Waals surface area contributed by atoms with Gasteiger partial charge in [0.15, 0.2) is 0 Å². The average Bonchev–Trinajstić information content (AvgIpc) is 3.56. The first kappa shape index (κ1) is 21.6. The number of aliphatic hydroxyl groups is 1. The second kappa shape index (κ2) is 8.71. The second-order valence-electron chi connectivity index (χ2n) is 9.34. The fourth-order valence-corrected chi connectivity index (χ4v) is 5.72. The lowest BCUT2D eigenvalue weighted by Crippen LogP contribution is -2.39. The highest BCUT2D eigenvalue weighted by Crippen LogP contribution is 2.52. The van der Waals surface area contributed by atoms with Gasteiger partial charge in [-0.05, 0) is 65.9 Å². The molecule has 2 aliphatic rings. The van der Waals surface area contributed by atoms with Crippen LogP contribution >= 0.6 is 0 Å². The van der Waals surface area contributed by atoms with Crippen molar-refractivity contribution in [2.75, 3.05) is 4.90 Å². The van der Waals surface area contributed by atoms with Gasteiger partial charge in [0.1, 0.15) is 0 Å². The van der Waals surface area contributed by atoms with Gasteiger partial charge in [0.2, 0.25) is 12.1 Å². The molecule has 4 aromatic rings. The maximum Gasteiger partial charge on any atom is 0.374 e. The summed E-state index contributed by atoms with van der Waals surface area (Å²) in [6, 6.07) is 22.7. The molecule has 0 radical (unpaired) electrons. The summed E-state index contributed by atoms with van der Waals surface area (Å²) in [7, 11) is 0. The summed E-state index contributed by atoms with van der Waals surface area (Å²) in [5.74, 6) is 0.102. The van der Waals surface area contributed by atoms with Crippen molar-refractivity contribution in [1.29, 1.82) is 0 Å². The molecule has 0 bridgehead atoms. The topological polar surface area (TPSA) is 77.8 Å². The van der Waals surface area contributed by atoms with Crippen LogP contribution in [0.4, 0.5) is 11.4 Å². The van der Waals surface area contributed by atoms with Crippen LogP contribution in [-0.2, 0) is 17.9 Å². The van der Waals surface area contributed by atoms with E-state index in [1.807, 2.05) is 48.6 Å². The van der Waals surface area contributed by atoms with Gasteiger partial charge in [0, 0.05) is 29.4 Å². The van der Waals surface area contributed by atoms with E-state index in [4.69, 9.17) is 4.42 Å². The normalized spacial score (nSPS) is 18.9. The van der Waals surface area contributed by atoms with Crippen molar-refractivity contribution in [3.63, 3.8) is 0 Å². The molecule has 2 unspecified atom stereocenters. The highest BCUT2D eigenvalue weighted by molar-refractivity contribution is 5.77. The van der Waals surface area contributed by atoms with Gasteiger partial charge < -0.3 is 19.5 Å². The summed E-state index contributed by atoms with van der Waals surface area (Å²) < 4.78 is 7.65. The van der Waals surface area contributed by atoms with E-state index in [1.54, 1.807) is 4.57 Å². The van der Waals surface area contributed by atoms with Gasteiger partial charge >= 0.3 is 11.9 Å². The van der Waals surface area contributed by atoms with Gasteiger partial charge in [-0.2, -0.15) is 0 Å². The smallest absolute Gasteiger partial charge is 0.374 e. The third-order valence-corrected chi connectivity index (χ3v) is 7.27. The number of hydrogen-bond acceptors (Lipinski definition) is 4. The van der Waals surface area contributed by atoms with E-state index in [1.165, 1.54) is 30.5 Å².